The van der Waals surface area contributed by atoms with E-state index in [1.807, 2.05) is 0 Å². The summed E-state index contributed by atoms with van der Waals surface area (Å²) in [6, 6.07) is 11.9. The molecule has 27 heavy (non-hydrogen) atoms. The highest BCUT2D eigenvalue weighted by Gasteiger charge is 2.11. The molecule has 0 aliphatic heterocycles. The number of esters is 1. The molecule has 7 nitrogen and oxygen atoms in total. The monoisotopic (exact) mass is 374 g/mol. The lowest BCUT2D eigenvalue weighted by molar-refractivity contribution is -0.149. The van der Waals surface area contributed by atoms with E-state index in [0.29, 0.717) is 11.3 Å². The number of amides is 2. The molecule has 0 aromatic heterocycles. The number of rotatable bonds is 7. The maximum Gasteiger partial charge on any atom is 0.344 e. The number of anilines is 1. The Morgan fingerprint density at radius 1 is 1.00 bits per heavy atom. The second kappa shape index (κ2) is 9.33. The molecule has 0 unspecified atom stereocenters. The van der Waals surface area contributed by atoms with Crippen LogP contribution >= 0.6 is 0 Å². The molecule has 2 aromatic rings. The maximum absolute atomic E-state index is 13.4. The zero-order valence-corrected chi connectivity index (χ0v) is 14.9. The Bertz CT molecular complexity index is 821. The number of nitrogens with one attached hydrogen (secondary N) is 1. The van der Waals surface area contributed by atoms with Gasteiger partial charge in [-0.3, -0.25) is 9.59 Å². The molecule has 0 fully saturated rings. The average Bonchev–Trinajstić information content (AvgIpc) is 2.65. The smallest absolute Gasteiger partial charge is 0.344 e. The highest BCUT2D eigenvalue weighted by molar-refractivity contribution is 5.96. The lowest BCUT2D eigenvalue weighted by Crippen LogP contribution is -2.24. The molecule has 0 saturated carbocycles. The van der Waals surface area contributed by atoms with Crippen molar-refractivity contribution in [2.24, 2.45) is 0 Å². The first-order valence-corrected chi connectivity index (χ1v) is 8.01. The van der Waals surface area contributed by atoms with Crippen LogP contribution in [0.1, 0.15) is 10.4 Å². The Kier molecular flexibility index (Phi) is 6.87. The zero-order valence-electron chi connectivity index (χ0n) is 14.9. The van der Waals surface area contributed by atoms with Crippen LogP contribution in [0.4, 0.5) is 10.1 Å². The third kappa shape index (κ3) is 6.10. The first-order chi connectivity index (χ1) is 12.9. The van der Waals surface area contributed by atoms with Gasteiger partial charge in [-0.15, -0.1) is 0 Å². The molecule has 1 N–H and O–H groups in total. The fourth-order valence-electron chi connectivity index (χ4n) is 2.04. The largest absolute Gasteiger partial charge is 0.479 e. The van der Waals surface area contributed by atoms with Crippen LogP contribution in [0.5, 0.6) is 5.75 Å². The zero-order chi connectivity index (χ0) is 19.8. The fourth-order valence-corrected chi connectivity index (χ4v) is 2.04. The van der Waals surface area contributed by atoms with Crippen molar-refractivity contribution in [3.05, 3.63) is 59.9 Å². The Hall–Kier alpha value is -3.42. The van der Waals surface area contributed by atoms with E-state index >= 15 is 0 Å². The van der Waals surface area contributed by atoms with Gasteiger partial charge in [-0.05, 0) is 36.4 Å². The topological polar surface area (TPSA) is 84.9 Å². The Labute approximate surface area is 155 Å². The van der Waals surface area contributed by atoms with Gasteiger partial charge in [0.05, 0.1) is 0 Å². The summed E-state index contributed by atoms with van der Waals surface area (Å²) in [5.74, 6) is -2.19. The lowest BCUT2D eigenvalue weighted by Gasteiger charge is -2.11. The van der Waals surface area contributed by atoms with Crippen LogP contribution in [0.15, 0.2) is 48.5 Å². The van der Waals surface area contributed by atoms with Crippen LogP contribution in [-0.2, 0) is 14.3 Å². The summed E-state index contributed by atoms with van der Waals surface area (Å²) in [5, 5.41) is 2.53. The van der Waals surface area contributed by atoms with Crippen LogP contribution in [0.3, 0.4) is 0 Å². The van der Waals surface area contributed by atoms with E-state index in [2.05, 4.69) is 5.32 Å². The van der Waals surface area contributed by atoms with Gasteiger partial charge in [0.15, 0.2) is 24.8 Å². The minimum absolute atomic E-state index is 0.0775. The van der Waals surface area contributed by atoms with Crippen molar-refractivity contribution in [3.8, 4) is 5.75 Å². The molecule has 2 rings (SSSR count). The standard InChI is InChI=1S/C19H19FN2O5/c1-22(2)19(25)13-7-9-14(10-8-13)21-17(23)11-27-18(24)12-26-16-6-4-3-5-15(16)20/h3-10H,11-12H2,1-2H3,(H,21,23). The summed E-state index contributed by atoms with van der Waals surface area (Å²) in [6.07, 6.45) is 0. The Morgan fingerprint density at radius 3 is 2.30 bits per heavy atom. The number of carbonyl (C=O) groups is 3. The number of halogens is 1. The highest BCUT2D eigenvalue weighted by Crippen LogP contribution is 2.15. The molecule has 0 spiro atoms. The lowest BCUT2D eigenvalue weighted by atomic mass is 10.2. The summed E-state index contributed by atoms with van der Waals surface area (Å²) >= 11 is 0. The number of carbonyl (C=O) groups excluding carboxylic acids is 3. The first-order valence-electron chi connectivity index (χ1n) is 8.01. The van der Waals surface area contributed by atoms with Crippen LogP contribution in [0.2, 0.25) is 0 Å². The molecule has 8 heteroatoms. The summed E-state index contributed by atoms with van der Waals surface area (Å²) < 4.78 is 23.1. The second-order valence-corrected chi connectivity index (χ2v) is 5.70. The van der Waals surface area contributed by atoms with Crippen molar-refractivity contribution in [2.45, 2.75) is 0 Å². The number of benzene rings is 2. The van der Waals surface area contributed by atoms with Crippen LogP contribution < -0.4 is 10.1 Å². The predicted octanol–water partition coefficient (Wildman–Crippen LogP) is 2.09. The minimum atomic E-state index is -0.805. The molecule has 0 radical (unpaired) electrons. The third-order valence-corrected chi connectivity index (χ3v) is 3.37. The van der Waals surface area contributed by atoms with E-state index < -0.39 is 30.9 Å². The van der Waals surface area contributed by atoms with Gasteiger partial charge in [0.25, 0.3) is 11.8 Å². The van der Waals surface area contributed by atoms with Crippen molar-refractivity contribution in [3.63, 3.8) is 0 Å². The van der Waals surface area contributed by atoms with Crippen molar-refractivity contribution in [2.75, 3.05) is 32.6 Å². The maximum atomic E-state index is 13.4. The highest BCUT2D eigenvalue weighted by atomic mass is 19.1. The van der Waals surface area contributed by atoms with Gasteiger partial charge in [0, 0.05) is 25.3 Å². The van der Waals surface area contributed by atoms with E-state index in [1.54, 1.807) is 44.4 Å². The first kappa shape index (κ1) is 19.9. The van der Waals surface area contributed by atoms with E-state index in [-0.39, 0.29) is 11.7 Å². The molecule has 0 atom stereocenters. The Balaban J connectivity index is 1.76. The van der Waals surface area contributed by atoms with E-state index in [9.17, 15) is 18.8 Å². The molecule has 2 amide bonds. The fraction of sp³-hybridized carbons (Fsp3) is 0.211. The van der Waals surface area contributed by atoms with E-state index in [4.69, 9.17) is 9.47 Å². The molecule has 142 valence electrons. The normalized spacial score (nSPS) is 10.0. The number of nitrogens with zero attached hydrogens (tertiary/aromatic N) is 1. The second-order valence-electron chi connectivity index (χ2n) is 5.70. The molecule has 0 bridgehead atoms. The molecule has 2 aromatic carbocycles. The van der Waals surface area contributed by atoms with Gasteiger partial charge in [0.2, 0.25) is 0 Å². The van der Waals surface area contributed by atoms with Crippen molar-refractivity contribution in [1.82, 2.24) is 4.90 Å². The van der Waals surface area contributed by atoms with Crippen LogP contribution in [-0.4, -0.2) is 50.0 Å². The van der Waals surface area contributed by atoms with Gasteiger partial charge in [-0.2, -0.15) is 0 Å². The van der Waals surface area contributed by atoms with Crippen molar-refractivity contribution in [1.29, 1.82) is 0 Å². The van der Waals surface area contributed by atoms with Gasteiger partial charge in [0.1, 0.15) is 0 Å². The molecule has 0 heterocycles. The number of para-hydroxylation sites is 1. The van der Waals surface area contributed by atoms with E-state index in [0.717, 1.165) is 0 Å². The minimum Gasteiger partial charge on any atom is -0.479 e. The number of ether oxygens (including phenoxy) is 2. The molecular weight excluding hydrogens is 355 g/mol. The van der Waals surface area contributed by atoms with Gasteiger partial charge in [-0.25, -0.2) is 9.18 Å². The quantitative estimate of drug-likeness (QED) is 0.750. The summed E-state index contributed by atoms with van der Waals surface area (Å²) in [6.45, 7) is -1.03. The van der Waals surface area contributed by atoms with E-state index in [1.165, 1.54) is 23.1 Å². The SMILES string of the molecule is CN(C)C(=O)c1ccc(NC(=O)COC(=O)COc2ccccc2F)cc1. The summed E-state index contributed by atoms with van der Waals surface area (Å²) in [7, 11) is 3.28. The van der Waals surface area contributed by atoms with Gasteiger partial charge < -0.3 is 19.7 Å². The van der Waals surface area contributed by atoms with Crippen LogP contribution in [0, 0.1) is 5.82 Å². The van der Waals surface area contributed by atoms with Gasteiger partial charge >= 0.3 is 5.97 Å². The molecule has 0 saturated heterocycles. The number of hydrogen-bond donors (Lipinski definition) is 1. The third-order valence-electron chi connectivity index (χ3n) is 3.37. The van der Waals surface area contributed by atoms with Gasteiger partial charge in [-0.1, -0.05) is 12.1 Å². The Morgan fingerprint density at radius 2 is 1.67 bits per heavy atom. The van der Waals surface area contributed by atoms with Crippen molar-refractivity contribution >= 4 is 23.5 Å². The van der Waals surface area contributed by atoms with Crippen molar-refractivity contribution < 1.29 is 28.2 Å². The summed E-state index contributed by atoms with van der Waals surface area (Å²) in [5.41, 5.74) is 0.934. The summed E-state index contributed by atoms with van der Waals surface area (Å²) in [4.78, 5) is 36.6. The number of hydrogen-bond acceptors (Lipinski definition) is 5. The average molecular weight is 374 g/mol. The molecular formula is C19H19FN2O5. The predicted molar refractivity (Wildman–Crippen MR) is 95.9 cm³/mol. The molecule has 0 aliphatic rings. The molecule has 0 aliphatic carbocycles. The van der Waals surface area contributed by atoms with Crippen LogP contribution in [0.25, 0.3) is 0 Å².